The topological polar surface area (TPSA) is 86.8 Å². The van der Waals surface area contributed by atoms with Gasteiger partial charge in [0.05, 0.1) is 10.6 Å². The number of benzene rings is 3. The van der Waals surface area contributed by atoms with Crippen LogP contribution in [-0.2, 0) is 26.0 Å². The molecule has 0 aromatic heterocycles. The summed E-state index contributed by atoms with van der Waals surface area (Å²) in [4.78, 5) is 28.9. The van der Waals surface area contributed by atoms with Crippen LogP contribution in [0.2, 0.25) is 0 Å². The number of hydrogen-bond acceptors (Lipinski definition) is 4. The molecule has 0 saturated carbocycles. The molecule has 214 valence electrons. The zero-order valence-electron chi connectivity index (χ0n) is 24.2. The van der Waals surface area contributed by atoms with E-state index in [9.17, 15) is 18.0 Å². The van der Waals surface area contributed by atoms with E-state index >= 15 is 0 Å². The third-order valence-electron chi connectivity index (χ3n) is 7.15. The van der Waals surface area contributed by atoms with Gasteiger partial charge in [-0.3, -0.25) is 13.9 Å². The van der Waals surface area contributed by atoms with Gasteiger partial charge in [-0.2, -0.15) is 0 Å². The Kier molecular flexibility index (Phi) is 10.9. The highest BCUT2D eigenvalue weighted by Gasteiger charge is 2.34. The maximum absolute atomic E-state index is 14.1. The SMILES string of the molecule is CCCNC(=O)[C@@H](CC)N(CCc1ccccc1)C(=O)CN(c1cccc(C)c1C)S(=O)(=O)c1ccc(C)cc1. The molecule has 0 bridgehead atoms. The van der Waals surface area contributed by atoms with E-state index in [1.807, 2.05) is 71.0 Å². The quantitative estimate of drug-likeness (QED) is 0.310. The van der Waals surface area contributed by atoms with Gasteiger partial charge in [0.15, 0.2) is 0 Å². The van der Waals surface area contributed by atoms with Gasteiger partial charge in [-0.05, 0) is 74.9 Å². The number of nitrogens with one attached hydrogen (secondary N) is 1. The van der Waals surface area contributed by atoms with E-state index in [0.29, 0.717) is 25.1 Å². The summed E-state index contributed by atoms with van der Waals surface area (Å²) in [6.45, 7) is 9.86. The predicted molar refractivity (Wildman–Crippen MR) is 161 cm³/mol. The maximum Gasteiger partial charge on any atom is 0.264 e. The standard InChI is InChI=1S/C32H41N3O4S/c1-6-21-33-32(37)29(7-2)34(22-20-27-13-9-8-10-14-27)31(36)23-35(30-15-11-12-25(4)26(30)5)40(38,39)28-18-16-24(3)17-19-28/h8-19,29H,6-7,20-23H2,1-5H3,(H,33,37)/t29-/m1/s1. The van der Waals surface area contributed by atoms with E-state index in [1.54, 1.807) is 41.3 Å². The average molecular weight is 564 g/mol. The summed E-state index contributed by atoms with van der Waals surface area (Å²) in [5, 5.41) is 2.92. The van der Waals surface area contributed by atoms with Crippen molar-refractivity contribution in [2.45, 2.75) is 64.8 Å². The second kappa shape index (κ2) is 14.1. The van der Waals surface area contributed by atoms with Crippen molar-refractivity contribution in [3.05, 3.63) is 95.1 Å². The second-order valence-electron chi connectivity index (χ2n) is 10.1. The summed E-state index contributed by atoms with van der Waals surface area (Å²) in [7, 11) is -4.09. The summed E-state index contributed by atoms with van der Waals surface area (Å²) in [5.41, 5.74) is 4.10. The number of amides is 2. The third-order valence-corrected chi connectivity index (χ3v) is 8.93. The van der Waals surface area contributed by atoms with E-state index in [2.05, 4.69) is 5.32 Å². The zero-order chi connectivity index (χ0) is 29.3. The number of nitrogens with zero attached hydrogens (tertiary/aromatic N) is 2. The molecule has 0 radical (unpaired) electrons. The third kappa shape index (κ3) is 7.50. The van der Waals surface area contributed by atoms with Gasteiger partial charge in [-0.25, -0.2) is 8.42 Å². The van der Waals surface area contributed by atoms with E-state index in [4.69, 9.17) is 0 Å². The molecule has 1 N–H and O–H groups in total. The van der Waals surface area contributed by atoms with E-state index < -0.39 is 28.5 Å². The van der Waals surface area contributed by atoms with Crippen LogP contribution in [0.5, 0.6) is 0 Å². The largest absolute Gasteiger partial charge is 0.354 e. The lowest BCUT2D eigenvalue weighted by Crippen LogP contribution is -2.53. The van der Waals surface area contributed by atoms with Crippen LogP contribution >= 0.6 is 0 Å². The molecule has 0 fully saturated rings. The molecular weight excluding hydrogens is 522 g/mol. The monoisotopic (exact) mass is 563 g/mol. The van der Waals surface area contributed by atoms with Crippen LogP contribution in [0, 0.1) is 20.8 Å². The Morgan fingerprint density at radius 3 is 2.17 bits per heavy atom. The van der Waals surface area contributed by atoms with Crippen LogP contribution in [0.3, 0.4) is 0 Å². The predicted octanol–water partition coefficient (Wildman–Crippen LogP) is 5.18. The van der Waals surface area contributed by atoms with Gasteiger partial charge < -0.3 is 10.2 Å². The fourth-order valence-corrected chi connectivity index (χ4v) is 6.09. The lowest BCUT2D eigenvalue weighted by Gasteiger charge is -2.33. The number of carbonyl (C=O) groups excluding carboxylic acids is 2. The molecule has 0 aliphatic heterocycles. The molecule has 3 rings (SSSR count). The molecule has 0 heterocycles. The van der Waals surface area contributed by atoms with Gasteiger partial charge in [0, 0.05) is 13.1 Å². The zero-order valence-corrected chi connectivity index (χ0v) is 25.0. The molecular formula is C32H41N3O4S. The molecule has 0 aliphatic carbocycles. The first-order valence-corrected chi connectivity index (χ1v) is 15.3. The van der Waals surface area contributed by atoms with Crippen molar-refractivity contribution in [1.29, 1.82) is 0 Å². The van der Waals surface area contributed by atoms with Crippen LogP contribution in [0.4, 0.5) is 5.69 Å². The highest BCUT2D eigenvalue weighted by atomic mass is 32.2. The number of rotatable bonds is 13. The molecule has 8 heteroatoms. The van der Waals surface area contributed by atoms with Crippen molar-refractivity contribution >= 4 is 27.5 Å². The maximum atomic E-state index is 14.1. The van der Waals surface area contributed by atoms with Crippen molar-refractivity contribution < 1.29 is 18.0 Å². The minimum absolute atomic E-state index is 0.107. The highest BCUT2D eigenvalue weighted by Crippen LogP contribution is 2.29. The normalized spacial score (nSPS) is 12.0. The Morgan fingerprint density at radius 1 is 0.875 bits per heavy atom. The van der Waals surface area contributed by atoms with Crippen molar-refractivity contribution in [2.24, 2.45) is 0 Å². The number of sulfonamides is 1. The van der Waals surface area contributed by atoms with Gasteiger partial charge in [-0.15, -0.1) is 0 Å². The van der Waals surface area contributed by atoms with Crippen LogP contribution in [0.1, 0.15) is 48.9 Å². The van der Waals surface area contributed by atoms with Gasteiger partial charge in [0.25, 0.3) is 10.0 Å². The van der Waals surface area contributed by atoms with Crippen molar-refractivity contribution in [3.8, 4) is 0 Å². The Hall–Kier alpha value is -3.65. The van der Waals surface area contributed by atoms with Crippen LogP contribution in [-0.4, -0.2) is 50.8 Å². The Morgan fingerprint density at radius 2 is 1.55 bits per heavy atom. The minimum atomic E-state index is -4.09. The summed E-state index contributed by atoms with van der Waals surface area (Å²) in [6.07, 6.45) is 1.72. The van der Waals surface area contributed by atoms with E-state index in [1.165, 1.54) is 4.31 Å². The summed E-state index contributed by atoms with van der Waals surface area (Å²) >= 11 is 0. The Balaban J connectivity index is 2.04. The van der Waals surface area contributed by atoms with Gasteiger partial charge in [-0.1, -0.05) is 74.0 Å². The lowest BCUT2D eigenvalue weighted by molar-refractivity contribution is -0.139. The first-order chi connectivity index (χ1) is 19.1. The molecule has 2 amide bonds. The van der Waals surface area contributed by atoms with Crippen molar-refractivity contribution in [2.75, 3.05) is 23.9 Å². The average Bonchev–Trinajstić information content (AvgIpc) is 2.95. The summed E-state index contributed by atoms with van der Waals surface area (Å²) in [5.74, 6) is -0.656. The molecule has 0 unspecified atom stereocenters. The molecule has 40 heavy (non-hydrogen) atoms. The lowest BCUT2D eigenvalue weighted by atomic mass is 10.1. The molecule has 3 aromatic carbocycles. The molecule has 0 saturated heterocycles. The fraction of sp³-hybridized carbons (Fsp3) is 0.375. The van der Waals surface area contributed by atoms with Gasteiger partial charge in [0.1, 0.15) is 12.6 Å². The number of aryl methyl sites for hydroxylation is 2. The molecule has 0 aliphatic rings. The summed E-state index contributed by atoms with van der Waals surface area (Å²) in [6, 6.07) is 21.1. The van der Waals surface area contributed by atoms with E-state index in [0.717, 1.165) is 28.7 Å². The second-order valence-corrected chi connectivity index (χ2v) is 11.9. The molecule has 1 atom stereocenters. The van der Waals surface area contributed by atoms with Crippen molar-refractivity contribution in [1.82, 2.24) is 10.2 Å². The number of hydrogen-bond donors (Lipinski definition) is 1. The Labute approximate surface area is 239 Å². The number of anilines is 1. The minimum Gasteiger partial charge on any atom is -0.354 e. The Bertz CT molecular complexity index is 1390. The van der Waals surface area contributed by atoms with Crippen LogP contribution in [0.15, 0.2) is 77.7 Å². The van der Waals surface area contributed by atoms with Crippen LogP contribution < -0.4 is 9.62 Å². The molecule has 7 nitrogen and oxygen atoms in total. The van der Waals surface area contributed by atoms with Gasteiger partial charge >= 0.3 is 0 Å². The van der Waals surface area contributed by atoms with Crippen molar-refractivity contribution in [3.63, 3.8) is 0 Å². The highest BCUT2D eigenvalue weighted by molar-refractivity contribution is 7.92. The summed E-state index contributed by atoms with van der Waals surface area (Å²) < 4.78 is 29.3. The fourth-order valence-electron chi connectivity index (χ4n) is 4.62. The molecule has 3 aromatic rings. The molecule has 0 spiro atoms. The van der Waals surface area contributed by atoms with Gasteiger partial charge in [0.2, 0.25) is 11.8 Å². The van der Waals surface area contributed by atoms with Crippen LogP contribution in [0.25, 0.3) is 0 Å². The van der Waals surface area contributed by atoms with E-state index in [-0.39, 0.29) is 17.3 Å². The smallest absolute Gasteiger partial charge is 0.264 e. The number of carbonyl (C=O) groups is 2. The first kappa shape index (κ1) is 30.9. The first-order valence-electron chi connectivity index (χ1n) is 13.9.